The molecule has 3 rings (SSSR count). The van der Waals surface area contributed by atoms with Crippen molar-refractivity contribution in [1.82, 2.24) is 15.0 Å². The Balaban J connectivity index is 2.00. The Morgan fingerprint density at radius 3 is 2.47 bits per heavy atom. The number of nitrogens with zero attached hydrogens (tertiary/aromatic N) is 3. The summed E-state index contributed by atoms with van der Waals surface area (Å²) in [5.74, 6) is 0. The van der Waals surface area contributed by atoms with Crippen molar-refractivity contribution >= 4 is 11.6 Å². The fourth-order valence-electron chi connectivity index (χ4n) is 1.95. The number of halogens is 1. The van der Waals surface area contributed by atoms with E-state index in [1.807, 2.05) is 48.7 Å². The van der Waals surface area contributed by atoms with Crippen LogP contribution in [0.15, 0.2) is 54.7 Å². The molecule has 1 heterocycles. The lowest BCUT2D eigenvalue weighted by Gasteiger charge is -2.03. The van der Waals surface area contributed by atoms with Crippen molar-refractivity contribution in [2.75, 3.05) is 0 Å². The summed E-state index contributed by atoms with van der Waals surface area (Å²) in [5.41, 5.74) is 4.04. The Morgan fingerprint density at radius 2 is 1.74 bits per heavy atom. The van der Waals surface area contributed by atoms with Gasteiger partial charge in [0.05, 0.1) is 11.9 Å². The highest BCUT2D eigenvalue weighted by molar-refractivity contribution is 6.30. The Kier molecular flexibility index (Phi) is 3.05. The molecular weight excluding hydrogens is 258 g/mol. The molecule has 1 aromatic heterocycles. The average molecular weight is 270 g/mol. The van der Waals surface area contributed by atoms with Crippen molar-refractivity contribution in [2.24, 2.45) is 0 Å². The molecular formula is C15H12ClN3. The van der Waals surface area contributed by atoms with Crippen LogP contribution >= 0.6 is 11.6 Å². The lowest BCUT2D eigenvalue weighted by molar-refractivity contribution is 0.799. The first-order chi connectivity index (χ1) is 9.24. The van der Waals surface area contributed by atoms with Gasteiger partial charge in [-0.25, -0.2) is 4.68 Å². The minimum atomic E-state index is 0.718. The molecule has 0 unspecified atom stereocenters. The van der Waals surface area contributed by atoms with Gasteiger partial charge in [0, 0.05) is 10.6 Å². The van der Waals surface area contributed by atoms with Crippen molar-refractivity contribution in [3.8, 4) is 16.9 Å². The highest BCUT2D eigenvalue weighted by Crippen LogP contribution is 2.20. The van der Waals surface area contributed by atoms with Crippen LogP contribution in [-0.4, -0.2) is 15.0 Å². The maximum Gasteiger partial charge on any atom is 0.113 e. The van der Waals surface area contributed by atoms with Crippen molar-refractivity contribution in [1.29, 1.82) is 0 Å². The van der Waals surface area contributed by atoms with Gasteiger partial charge in [-0.2, -0.15) is 0 Å². The molecule has 94 valence electrons. The van der Waals surface area contributed by atoms with E-state index in [-0.39, 0.29) is 0 Å². The van der Waals surface area contributed by atoms with Crippen LogP contribution in [0.4, 0.5) is 0 Å². The standard InChI is InChI=1S/C15H12ClN3/c1-11-4-2-3-5-15(11)19-10-14(17-18-19)12-6-8-13(16)9-7-12/h2-10H,1H3. The van der Waals surface area contributed by atoms with Gasteiger partial charge in [-0.1, -0.05) is 47.1 Å². The van der Waals surface area contributed by atoms with Gasteiger partial charge < -0.3 is 0 Å². The minimum absolute atomic E-state index is 0.718. The second-order valence-electron chi connectivity index (χ2n) is 4.34. The summed E-state index contributed by atoms with van der Waals surface area (Å²) in [6.45, 7) is 2.05. The van der Waals surface area contributed by atoms with Crippen LogP contribution < -0.4 is 0 Å². The summed E-state index contributed by atoms with van der Waals surface area (Å²) in [4.78, 5) is 0. The first-order valence-corrected chi connectivity index (χ1v) is 6.36. The third-order valence-corrected chi connectivity index (χ3v) is 3.25. The number of aryl methyl sites for hydroxylation is 1. The number of hydrogen-bond acceptors (Lipinski definition) is 2. The number of hydrogen-bond donors (Lipinski definition) is 0. The Morgan fingerprint density at radius 1 is 1.00 bits per heavy atom. The van der Waals surface area contributed by atoms with Crippen LogP contribution in [0.25, 0.3) is 16.9 Å². The van der Waals surface area contributed by atoms with Gasteiger partial charge in [-0.15, -0.1) is 5.10 Å². The zero-order chi connectivity index (χ0) is 13.2. The first-order valence-electron chi connectivity index (χ1n) is 5.98. The molecule has 4 heteroatoms. The Bertz CT molecular complexity index is 701. The van der Waals surface area contributed by atoms with E-state index < -0.39 is 0 Å². The van der Waals surface area contributed by atoms with E-state index in [1.54, 1.807) is 4.68 Å². The SMILES string of the molecule is Cc1ccccc1-n1cc(-c2ccc(Cl)cc2)nn1. The summed E-state index contributed by atoms with van der Waals surface area (Å²) in [6.07, 6.45) is 1.92. The zero-order valence-corrected chi connectivity index (χ0v) is 11.2. The highest BCUT2D eigenvalue weighted by atomic mass is 35.5. The van der Waals surface area contributed by atoms with E-state index in [0.717, 1.165) is 27.5 Å². The monoisotopic (exact) mass is 269 g/mol. The van der Waals surface area contributed by atoms with Crippen LogP contribution in [-0.2, 0) is 0 Å². The molecule has 0 saturated carbocycles. The molecule has 3 nitrogen and oxygen atoms in total. The topological polar surface area (TPSA) is 30.7 Å². The van der Waals surface area contributed by atoms with Crippen LogP contribution in [0, 0.1) is 6.92 Å². The normalized spacial score (nSPS) is 10.6. The third kappa shape index (κ3) is 2.37. The largest absolute Gasteiger partial charge is 0.220 e. The molecule has 0 fully saturated rings. The van der Waals surface area contributed by atoms with Gasteiger partial charge >= 0.3 is 0 Å². The molecule has 0 radical (unpaired) electrons. The summed E-state index contributed by atoms with van der Waals surface area (Å²) < 4.78 is 1.79. The van der Waals surface area contributed by atoms with Gasteiger partial charge in [-0.3, -0.25) is 0 Å². The second-order valence-corrected chi connectivity index (χ2v) is 4.78. The molecule has 0 aliphatic rings. The molecule has 0 aliphatic carbocycles. The molecule has 3 aromatic rings. The maximum absolute atomic E-state index is 5.88. The van der Waals surface area contributed by atoms with Crippen LogP contribution in [0.5, 0.6) is 0 Å². The molecule has 0 atom stereocenters. The number of aromatic nitrogens is 3. The Hall–Kier alpha value is -2.13. The summed E-state index contributed by atoms with van der Waals surface area (Å²) in [6, 6.07) is 15.7. The quantitative estimate of drug-likeness (QED) is 0.706. The van der Waals surface area contributed by atoms with Crippen LogP contribution in [0.1, 0.15) is 5.56 Å². The van der Waals surface area contributed by atoms with E-state index in [0.29, 0.717) is 0 Å². The molecule has 0 bridgehead atoms. The van der Waals surface area contributed by atoms with E-state index in [4.69, 9.17) is 11.6 Å². The smallest absolute Gasteiger partial charge is 0.113 e. The number of para-hydroxylation sites is 1. The van der Waals surface area contributed by atoms with Gasteiger partial charge in [0.2, 0.25) is 0 Å². The second kappa shape index (κ2) is 4.86. The lowest BCUT2D eigenvalue weighted by atomic mass is 10.2. The van der Waals surface area contributed by atoms with E-state index in [9.17, 15) is 0 Å². The summed E-state index contributed by atoms with van der Waals surface area (Å²) in [7, 11) is 0. The predicted octanol–water partition coefficient (Wildman–Crippen LogP) is 3.90. The van der Waals surface area contributed by atoms with Gasteiger partial charge in [0.1, 0.15) is 5.69 Å². The van der Waals surface area contributed by atoms with Gasteiger partial charge in [0.25, 0.3) is 0 Å². The molecule has 0 aliphatic heterocycles. The summed E-state index contributed by atoms with van der Waals surface area (Å²) >= 11 is 5.88. The molecule has 0 amide bonds. The van der Waals surface area contributed by atoms with Gasteiger partial charge in [0.15, 0.2) is 0 Å². The van der Waals surface area contributed by atoms with Crippen molar-refractivity contribution in [3.05, 3.63) is 65.3 Å². The van der Waals surface area contributed by atoms with Crippen LogP contribution in [0.3, 0.4) is 0 Å². The van der Waals surface area contributed by atoms with Gasteiger partial charge in [-0.05, 0) is 30.7 Å². The minimum Gasteiger partial charge on any atom is -0.220 e. The fraction of sp³-hybridized carbons (Fsp3) is 0.0667. The fourth-order valence-corrected chi connectivity index (χ4v) is 2.08. The molecule has 0 saturated heterocycles. The molecule has 0 spiro atoms. The van der Waals surface area contributed by atoms with Crippen molar-refractivity contribution in [2.45, 2.75) is 6.92 Å². The number of rotatable bonds is 2. The van der Waals surface area contributed by atoms with E-state index in [2.05, 4.69) is 23.3 Å². The zero-order valence-electron chi connectivity index (χ0n) is 10.4. The molecule has 2 aromatic carbocycles. The third-order valence-electron chi connectivity index (χ3n) is 3.00. The first kappa shape index (κ1) is 11.9. The Labute approximate surface area is 116 Å². The lowest BCUT2D eigenvalue weighted by Crippen LogP contribution is -1.96. The number of benzene rings is 2. The van der Waals surface area contributed by atoms with E-state index >= 15 is 0 Å². The van der Waals surface area contributed by atoms with E-state index in [1.165, 1.54) is 0 Å². The van der Waals surface area contributed by atoms with Crippen LogP contribution in [0.2, 0.25) is 5.02 Å². The molecule has 19 heavy (non-hydrogen) atoms. The summed E-state index contributed by atoms with van der Waals surface area (Å²) in [5, 5.41) is 9.10. The van der Waals surface area contributed by atoms with Crippen molar-refractivity contribution in [3.63, 3.8) is 0 Å². The van der Waals surface area contributed by atoms with Crippen molar-refractivity contribution < 1.29 is 0 Å². The average Bonchev–Trinajstić information content (AvgIpc) is 2.89. The molecule has 0 N–H and O–H groups in total. The maximum atomic E-state index is 5.88. The predicted molar refractivity (Wildman–Crippen MR) is 76.5 cm³/mol. The highest BCUT2D eigenvalue weighted by Gasteiger charge is 2.06.